The van der Waals surface area contributed by atoms with Gasteiger partial charge in [-0.1, -0.05) is 35.4 Å². The Kier molecular flexibility index (Phi) is 10.0. The predicted octanol–water partition coefficient (Wildman–Crippen LogP) is 8.23. The Morgan fingerprint density at radius 3 is 1.44 bits per heavy atom. The van der Waals surface area contributed by atoms with Crippen LogP contribution in [0.15, 0.2) is 141 Å². The normalized spacial score (nSPS) is 12.0. The third-order valence-corrected chi connectivity index (χ3v) is 14.6. The largest absolute Gasteiger partial charge is 0.296 e. The maximum Gasteiger partial charge on any atom is 0.269 e. The van der Waals surface area contributed by atoms with Crippen molar-refractivity contribution in [1.29, 1.82) is 0 Å². The van der Waals surface area contributed by atoms with Crippen LogP contribution in [0.4, 0.5) is 0 Å². The minimum absolute atomic E-state index is 0.167. The first-order valence-corrected chi connectivity index (χ1v) is 22.8. The molecule has 304 valence electrons. The fourth-order valence-corrected chi connectivity index (χ4v) is 10.5. The van der Waals surface area contributed by atoms with Crippen molar-refractivity contribution in [3.8, 4) is 22.8 Å². The van der Waals surface area contributed by atoms with Gasteiger partial charge in [-0.25, -0.2) is 44.7 Å². The molecule has 0 saturated heterocycles. The Hall–Kier alpha value is -6.41. The van der Waals surface area contributed by atoms with E-state index in [2.05, 4.69) is 61.8 Å². The number of carbonyl (C=O) groups is 1. The second kappa shape index (κ2) is 15.2. The van der Waals surface area contributed by atoms with Crippen molar-refractivity contribution < 1.29 is 21.6 Å². The van der Waals surface area contributed by atoms with E-state index in [1.165, 1.54) is 22.6 Å². The average Bonchev–Trinajstić information content (AvgIpc) is 4.05. The summed E-state index contributed by atoms with van der Waals surface area (Å²) in [4.78, 5) is 38.4. The van der Waals surface area contributed by atoms with E-state index in [0.29, 0.717) is 54.9 Å². The Morgan fingerprint density at radius 2 is 0.984 bits per heavy atom. The van der Waals surface area contributed by atoms with Crippen LogP contribution in [-0.4, -0.2) is 69.8 Å². The van der Waals surface area contributed by atoms with Crippen molar-refractivity contribution in [3.05, 3.63) is 154 Å². The maximum absolute atomic E-state index is 13.2. The Balaban J connectivity index is 0.000000156. The van der Waals surface area contributed by atoms with Crippen molar-refractivity contribution in [3.63, 3.8) is 0 Å². The van der Waals surface area contributed by atoms with Gasteiger partial charge in [0, 0.05) is 41.6 Å². The highest BCUT2D eigenvalue weighted by molar-refractivity contribution is 9.10. The molecule has 10 rings (SSSR count). The van der Waals surface area contributed by atoms with Crippen LogP contribution in [0, 0.1) is 20.8 Å². The molecule has 0 unspecified atom stereocenters. The molecule has 0 aliphatic carbocycles. The number of aryl methyl sites for hydroxylation is 3. The number of benzene rings is 2. The first-order chi connectivity index (χ1) is 29.3. The van der Waals surface area contributed by atoms with Crippen LogP contribution in [0.3, 0.4) is 0 Å². The number of nitrogens with zero attached hydrogens (tertiary/aromatic N) is 10. The quantitative estimate of drug-likeness (QED) is 0.140. The number of hydrogen-bond acceptors (Lipinski definition) is 11. The lowest BCUT2D eigenvalue weighted by atomic mass is 10.2. The minimum atomic E-state index is -3.85. The van der Waals surface area contributed by atoms with Crippen LogP contribution in [0.5, 0.6) is 0 Å². The number of halogens is 2. The highest BCUT2D eigenvalue weighted by Gasteiger charge is 2.25. The number of aldehydes is 1. The summed E-state index contributed by atoms with van der Waals surface area (Å²) in [6, 6.07) is 24.0. The Labute approximate surface area is 364 Å². The summed E-state index contributed by atoms with van der Waals surface area (Å²) in [6.07, 6.45) is 10.1. The molecule has 0 fully saturated rings. The van der Waals surface area contributed by atoms with E-state index in [1.54, 1.807) is 95.8 Å². The Morgan fingerprint density at radius 1 is 0.541 bits per heavy atom. The Bertz CT molecular complexity index is 3600. The molecule has 0 amide bonds. The minimum Gasteiger partial charge on any atom is -0.296 e. The van der Waals surface area contributed by atoms with Gasteiger partial charge >= 0.3 is 0 Å². The summed E-state index contributed by atoms with van der Waals surface area (Å²) in [5.74, 6) is 1.12. The van der Waals surface area contributed by atoms with Gasteiger partial charge in [-0.2, -0.15) is 0 Å². The first-order valence-electron chi connectivity index (χ1n) is 18.3. The van der Waals surface area contributed by atoms with Crippen LogP contribution in [0.1, 0.15) is 27.3 Å². The van der Waals surface area contributed by atoms with Gasteiger partial charge in [-0.05, 0) is 113 Å². The standard InChI is InChI=1S/C21H14BrN5O3S.C21H16BrN5O2S/c1-13-4-6-14(7-5-13)31(29,30)26-10-8-17-21(26)24-11-18-19(22)25-20(27(17)18)15-3-2-9-23-16(15)12-28;1-13-5-7-15(8-6-13)30(28,29)26-11-9-17-21(26)24-12-18-19(22)25-20(27(17)18)16-4-3-10-23-14(16)2/h2-12H,1H3;3-12H,1-2H3. The zero-order valence-corrected chi connectivity index (χ0v) is 37.0. The fraction of sp³-hybridized carbons (Fsp3) is 0.0714. The molecule has 0 bridgehead atoms. The fourth-order valence-electron chi connectivity index (χ4n) is 6.97. The van der Waals surface area contributed by atoms with Gasteiger partial charge in [0.15, 0.2) is 17.6 Å². The van der Waals surface area contributed by atoms with E-state index in [0.717, 1.165) is 31.9 Å². The second-order valence-corrected chi connectivity index (χ2v) is 19.0. The number of rotatable bonds is 7. The molecule has 8 heterocycles. The lowest BCUT2D eigenvalue weighted by molar-refractivity contribution is 0.111. The van der Waals surface area contributed by atoms with Crippen molar-refractivity contribution in [2.45, 2.75) is 30.6 Å². The van der Waals surface area contributed by atoms with Gasteiger partial charge in [-0.3, -0.25) is 23.6 Å². The second-order valence-electron chi connectivity index (χ2n) is 13.9. The van der Waals surface area contributed by atoms with Crippen molar-refractivity contribution >= 4 is 91.6 Å². The van der Waals surface area contributed by atoms with E-state index in [-0.39, 0.29) is 21.1 Å². The third kappa shape index (κ3) is 6.73. The van der Waals surface area contributed by atoms with Crippen molar-refractivity contribution in [1.82, 2.24) is 46.7 Å². The molecule has 8 aromatic heterocycles. The number of aromatic nitrogens is 10. The van der Waals surface area contributed by atoms with E-state index in [1.807, 2.05) is 37.3 Å². The van der Waals surface area contributed by atoms with Crippen LogP contribution in [-0.2, 0) is 20.0 Å². The van der Waals surface area contributed by atoms with E-state index >= 15 is 0 Å². The molecule has 0 atom stereocenters. The molecule has 0 aliphatic heterocycles. The molecule has 0 N–H and O–H groups in total. The van der Waals surface area contributed by atoms with Gasteiger partial charge in [0.1, 0.15) is 26.5 Å². The van der Waals surface area contributed by atoms with Crippen LogP contribution in [0.2, 0.25) is 0 Å². The number of carbonyl (C=O) groups excluding carboxylic acids is 1. The van der Waals surface area contributed by atoms with E-state index in [4.69, 9.17) is 0 Å². The third-order valence-electron chi connectivity index (χ3n) is 10.0. The summed E-state index contributed by atoms with van der Waals surface area (Å²) in [5.41, 5.74) is 7.53. The molecular formula is C42H30Br2N10O5S2. The smallest absolute Gasteiger partial charge is 0.269 e. The molecule has 0 radical (unpaired) electrons. The predicted molar refractivity (Wildman–Crippen MR) is 236 cm³/mol. The molecule has 15 nitrogen and oxygen atoms in total. The lowest BCUT2D eigenvalue weighted by Crippen LogP contribution is -2.12. The molecule has 2 aromatic carbocycles. The van der Waals surface area contributed by atoms with E-state index in [9.17, 15) is 21.6 Å². The van der Waals surface area contributed by atoms with Gasteiger partial charge in [-0.15, -0.1) is 0 Å². The molecule has 0 saturated carbocycles. The van der Waals surface area contributed by atoms with Gasteiger partial charge in [0.2, 0.25) is 0 Å². The summed E-state index contributed by atoms with van der Waals surface area (Å²) in [5, 5.41) is 0. The molecule has 10 aromatic rings. The zero-order valence-electron chi connectivity index (χ0n) is 32.2. The SMILES string of the molecule is Cc1ccc(S(=O)(=O)n2ccc3c2ncc2c(Br)nc(-c4cccnc4C)n23)cc1.Cc1ccc(S(=O)(=O)n2ccc3c2ncc2c(Br)nc(-c4cccnc4C=O)n23)cc1. The number of hydrogen-bond donors (Lipinski definition) is 0. The average molecular weight is 979 g/mol. The van der Waals surface area contributed by atoms with E-state index < -0.39 is 20.0 Å². The van der Waals surface area contributed by atoms with Gasteiger partial charge in [0.25, 0.3) is 20.0 Å². The maximum atomic E-state index is 13.2. The van der Waals surface area contributed by atoms with Crippen LogP contribution < -0.4 is 0 Å². The molecule has 0 aliphatic rings. The zero-order chi connectivity index (χ0) is 42.8. The summed E-state index contributed by atoms with van der Waals surface area (Å²) >= 11 is 6.93. The topological polar surface area (TPSA) is 181 Å². The number of imidazole rings is 2. The molecule has 61 heavy (non-hydrogen) atoms. The number of fused-ring (bicyclic) bond motifs is 6. The van der Waals surface area contributed by atoms with Crippen LogP contribution >= 0.6 is 31.9 Å². The highest BCUT2D eigenvalue weighted by Crippen LogP contribution is 2.33. The lowest BCUT2D eigenvalue weighted by Gasteiger charge is -2.09. The highest BCUT2D eigenvalue weighted by atomic mass is 79.9. The van der Waals surface area contributed by atoms with Crippen molar-refractivity contribution in [2.24, 2.45) is 0 Å². The molecule has 19 heteroatoms. The number of pyridine rings is 2. The van der Waals surface area contributed by atoms with Gasteiger partial charge in [0.05, 0.1) is 44.3 Å². The summed E-state index contributed by atoms with van der Waals surface area (Å²) < 4.78 is 60.2. The van der Waals surface area contributed by atoms with Gasteiger partial charge < -0.3 is 0 Å². The summed E-state index contributed by atoms with van der Waals surface area (Å²) in [6.45, 7) is 5.72. The van der Waals surface area contributed by atoms with Crippen molar-refractivity contribution in [2.75, 3.05) is 0 Å². The monoisotopic (exact) mass is 976 g/mol. The first kappa shape index (κ1) is 40.0. The summed E-state index contributed by atoms with van der Waals surface area (Å²) in [7, 11) is -7.64. The molecular weight excluding hydrogens is 948 g/mol. The molecule has 0 spiro atoms. The van der Waals surface area contributed by atoms with Crippen LogP contribution in [0.25, 0.3) is 56.1 Å².